The van der Waals surface area contributed by atoms with Gasteiger partial charge in [0.05, 0.1) is 13.7 Å². The number of hydrogen-bond acceptors (Lipinski definition) is 7. The smallest absolute Gasteiger partial charge is 0.261 e. The zero-order valence-corrected chi connectivity index (χ0v) is 18.6. The standard InChI is InChI=1S/C22H31FN4O4/c1-25(2)21-19(20(31-24-21)16-7-8-17(23)18(12-16)30-4)22(29)26(3)13-15-6-5-9-27(14-15)10-11-28/h7-8,12,15,28H,5-6,9-11,13-14H2,1-4H3. The van der Waals surface area contributed by atoms with Crippen LogP contribution < -0.4 is 9.64 Å². The molecule has 1 atom stereocenters. The molecule has 1 N–H and O–H groups in total. The summed E-state index contributed by atoms with van der Waals surface area (Å²) in [6, 6.07) is 4.32. The molecule has 1 amide bonds. The fraction of sp³-hybridized carbons (Fsp3) is 0.545. The molecule has 0 spiro atoms. The number of aliphatic hydroxyl groups is 1. The Kier molecular flexibility index (Phi) is 7.50. The number of carbonyl (C=O) groups excluding carboxylic acids is 1. The molecule has 8 nitrogen and oxygen atoms in total. The van der Waals surface area contributed by atoms with Crippen LogP contribution in [0.5, 0.6) is 5.75 Å². The topological polar surface area (TPSA) is 82.3 Å². The first-order chi connectivity index (χ1) is 14.8. The van der Waals surface area contributed by atoms with Gasteiger partial charge in [-0.25, -0.2) is 4.39 Å². The Hall–Kier alpha value is -2.65. The van der Waals surface area contributed by atoms with Crippen LogP contribution in [-0.2, 0) is 0 Å². The summed E-state index contributed by atoms with van der Waals surface area (Å²) in [5, 5.41) is 13.3. The Morgan fingerprint density at radius 3 is 2.84 bits per heavy atom. The quantitative estimate of drug-likeness (QED) is 0.683. The van der Waals surface area contributed by atoms with Crippen LogP contribution in [0.2, 0.25) is 0 Å². The summed E-state index contributed by atoms with van der Waals surface area (Å²) in [7, 11) is 6.74. The number of rotatable bonds is 8. The average molecular weight is 435 g/mol. The minimum Gasteiger partial charge on any atom is -0.494 e. The zero-order chi connectivity index (χ0) is 22.5. The molecule has 3 rings (SSSR count). The summed E-state index contributed by atoms with van der Waals surface area (Å²) in [4.78, 5) is 19.1. The van der Waals surface area contributed by atoms with Gasteiger partial charge in [0.2, 0.25) is 0 Å². The summed E-state index contributed by atoms with van der Waals surface area (Å²) >= 11 is 0. The van der Waals surface area contributed by atoms with E-state index in [1.165, 1.54) is 19.2 Å². The van der Waals surface area contributed by atoms with E-state index < -0.39 is 5.82 Å². The number of aliphatic hydroxyl groups excluding tert-OH is 1. The second-order valence-electron chi connectivity index (χ2n) is 8.17. The zero-order valence-electron chi connectivity index (χ0n) is 18.6. The van der Waals surface area contributed by atoms with Crippen molar-refractivity contribution in [3.8, 4) is 17.1 Å². The fourth-order valence-corrected chi connectivity index (χ4v) is 4.08. The Morgan fingerprint density at radius 1 is 1.39 bits per heavy atom. The molecule has 1 saturated heterocycles. The van der Waals surface area contributed by atoms with Crippen molar-refractivity contribution in [2.75, 3.05) is 65.9 Å². The second kappa shape index (κ2) is 10.1. The highest BCUT2D eigenvalue weighted by molar-refractivity contribution is 6.04. The van der Waals surface area contributed by atoms with Gasteiger partial charge in [0.15, 0.2) is 23.1 Å². The molecule has 0 saturated carbocycles. The molecule has 2 heterocycles. The maximum absolute atomic E-state index is 13.9. The Labute approximate surface area is 182 Å². The third-order valence-corrected chi connectivity index (χ3v) is 5.62. The summed E-state index contributed by atoms with van der Waals surface area (Å²) in [5.74, 6) is 0.394. The van der Waals surface area contributed by atoms with Gasteiger partial charge in [0, 0.05) is 46.3 Å². The van der Waals surface area contributed by atoms with Crippen molar-refractivity contribution >= 4 is 11.7 Å². The highest BCUT2D eigenvalue weighted by Crippen LogP contribution is 2.34. The van der Waals surface area contributed by atoms with Crippen molar-refractivity contribution < 1.29 is 23.6 Å². The van der Waals surface area contributed by atoms with Crippen molar-refractivity contribution in [3.63, 3.8) is 0 Å². The highest BCUT2D eigenvalue weighted by Gasteiger charge is 2.30. The largest absolute Gasteiger partial charge is 0.494 e. The third-order valence-electron chi connectivity index (χ3n) is 5.62. The number of carbonyl (C=O) groups is 1. The van der Waals surface area contributed by atoms with Gasteiger partial charge in [0.1, 0.15) is 5.56 Å². The molecule has 2 aromatic rings. The number of amides is 1. The molecule has 170 valence electrons. The van der Waals surface area contributed by atoms with Gasteiger partial charge < -0.3 is 29.1 Å². The minimum absolute atomic E-state index is 0.0678. The number of halogens is 1. The number of likely N-dealkylation sites (tertiary alicyclic amines) is 1. The molecule has 1 fully saturated rings. The lowest BCUT2D eigenvalue weighted by molar-refractivity contribution is 0.0717. The predicted molar refractivity (Wildman–Crippen MR) is 116 cm³/mol. The maximum atomic E-state index is 13.9. The van der Waals surface area contributed by atoms with Crippen LogP contribution in [0.15, 0.2) is 22.7 Å². The minimum atomic E-state index is -0.492. The Bertz CT molecular complexity index is 900. The van der Waals surface area contributed by atoms with E-state index in [1.54, 1.807) is 37.0 Å². The van der Waals surface area contributed by atoms with Crippen molar-refractivity contribution in [1.82, 2.24) is 15.0 Å². The number of hydrogen-bond donors (Lipinski definition) is 1. The predicted octanol–water partition coefficient (Wildman–Crippen LogP) is 2.33. The average Bonchev–Trinajstić information content (AvgIpc) is 3.19. The molecule has 0 bridgehead atoms. The Morgan fingerprint density at radius 2 is 2.16 bits per heavy atom. The molecular weight excluding hydrogens is 403 g/mol. The molecule has 1 aromatic carbocycles. The van der Waals surface area contributed by atoms with Crippen molar-refractivity contribution in [2.45, 2.75) is 12.8 Å². The van der Waals surface area contributed by atoms with Crippen LogP contribution in [0.3, 0.4) is 0 Å². The van der Waals surface area contributed by atoms with Gasteiger partial charge in [-0.3, -0.25) is 4.79 Å². The van der Waals surface area contributed by atoms with Gasteiger partial charge in [-0.15, -0.1) is 0 Å². The molecule has 0 aliphatic carbocycles. The molecule has 0 radical (unpaired) electrons. The van der Waals surface area contributed by atoms with Gasteiger partial charge in [-0.05, 0) is 43.5 Å². The molecular formula is C22H31FN4O4. The summed E-state index contributed by atoms with van der Waals surface area (Å²) < 4.78 is 24.5. The third kappa shape index (κ3) is 5.16. The van der Waals surface area contributed by atoms with Crippen molar-refractivity contribution in [1.29, 1.82) is 0 Å². The van der Waals surface area contributed by atoms with Crippen molar-refractivity contribution in [2.24, 2.45) is 5.92 Å². The lowest BCUT2D eigenvalue weighted by atomic mass is 9.97. The first-order valence-corrected chi connectivity index (χ1v) is 10.4. The van der Waals surface area contributed by atoms with Crippen LogP contribution in [0.1, 0.15) is 23.2 Å². The van der Waals surface area contributed by atoms with E-state index in [0.717, 1.165) is 25.9 Å². The summed E-state index contributed by atoms with van der Waals surface area (Å²) in [6.45, 7) is 3.21. The van der Waals surface area contributed by atoms with E-state index in [0.29, 0.717) is 36.0 Å². The number of anilines is 1. The molecule has 31 heavy (non-hydrogen) atoms. The van der Waals surface area contributed by atoms with E-state index in [2.05, 4.69) is 10.1 Å². The van der Waals surface area contributed by atoms with E-state index in [1.807, 2.05) is 0 Å². The van der Waals surface area contributed by atoms with Gasteiger partial charge >= 0.3 is 0 Å². The van der Waals surface area contributed by atoms with Crippen LogP contribution in [-0.4, -0.2) is 87.0 Å². The number of aromatic nitrogens is 1. The fourth-order valence-electron chi connectivity index (χ4n) is 4.08. The number of β-amino-alcohol motifs (C(OH)–C–C–N with tert-alkyl or cyclic N) is 1. The summed E-state index contributed by atoms with van der Waals surface area (Å²) in [6.07, 6.45) is 2.08. The highest BCUT2D eigenvalue weighted by atomic mass is 19.1. The lowest BCUT2D eigenvalue weighted by Crippen LogP contribution is -2.42. The van der Waals surface area contributed by atoms with Gasteiger partial charge in [0.25, 0.3) is 5.91 Å². The van der Waals surface area contributed by atoms with Gasteiger partial charge in [-0.1, -0.05) is 5.16 Å². The number of piperidine rings is 1. The number of methoxy groups -OCH3 is 1. The van der Waals surface area contributed by atoms with Crippen LogP contribution in [0, 0.1) is 11.7 Å². The van der Waals surface area contributed by atoms with Gasteiger partial charge in [-0.2, -0.15) is 0 Å². The van der Waals surface area contributed by atoms with Crippen molar-refractivity contribution in [3.05, 3.63) is 29.6 Å². The van der Waals surface area contributed by atoms with Crippen LogP contribution >= 0.6 is 0 Å². The molecule has 9 heteroatoms. The van der Waals surface area contributed by atoms with E-state index >= 15 is 0 Å². The first-order valence-electron chi connectivity index (χ1n) is 10.4. The lowest BCUT2D eigenvalue weighted by Gasteiger charge is -2.34. The molecule has 1 aliphatic heterocycles. The van der Waals surface area contributed by atoms with E-state index in [-0.39, 0.29) is 24.0 Å². The Balaban J connectivity index is 1.86. The number of nitrogens with zero attached hydrogens (tertiary/aromatic N) is 4. The maximum Gasteiger partial charge on any atom is 0.261 e. The molecule has 1 unspecified atom stereocenters. The number of benzene rings is 1. The van der Waals surface area contributed by atoms with E-state index in [9.17, 15) is 14.3 Å². The molecule has 1 aromatic heterocycles. The first kappa shape index (κ1) is 23.0. The van der Waals surface area contributed by atoms with E-state index in [4.69, 9.17) is 9.26 Å². The molecule has 1 aliphatic rings. The summed E-state index contributed by atoms with van der Waals surface area (Å²) in [5.41, 5.74) is 0.853. The monoisotopic (exact) mass is 434 g/mol. The SMILES string of the molecule is COc1cc(-c2onc(N(C)C)c2C(=O)N(C)CC2CCCN(CCO)C2)ccc1F. The normalized spacial score (nSPS) is 16.9. The van der Waals surface area contributed by atoms with Crippen LogP contribution in [0.25, 0.3) is 11.3 Å². The second-order valence-corrected chi connectivity index (χ2v) is 8.17. The van der Waals surface area contributed by atoms with Crippen LogP contribution in [0.4, 0.5) is 10.2 Å². The number of ether oxygens (including phenoxy) is 1.